The van der Waals surface area contributed by atoms with Crippen LogP contribution in [0.25, 0.3) is 0 Å². The lowest BCUT2D eigenvalue weighted by Crippen LogP contribution is -2.46. The van der Waals surface area contributed by atoms with Crippen molar-refractivity contribution >= 4 is 33.0 Å². The molecule has 0 bridgehead atoms. The first-order chi connectivity index (χ1) is 9.72. The number of nitrogens with zero attached hydrogens (tertiary/aromatic N) is 2. The molecule has 20 heavy (non-hydrogen) atoms. The topological polar surface area (TPSA) is 6.48 Å². The normalized spacial score (nSPS) is 16.6. The molecule has 2 heterocycles. The zero-order valence-corrected chi connectivity index (χ0v) is 13.5. The van der Waals surface area contributed by atoms with Gasteiger partial charge in [-0.1, -0.05) is 12.1 Å². The summed E-state index contributed by atoms with van der Waals surface area (Å²) in [5, 5.41) is 2.12. The van der Waals surface area contributed by atoms with Crippen LogP contribution in [0.1, 0.15) is 4.88 Å². The summed E-state index contributed by atoms with van der Waals surface area (Å²) < 4.78 is 14.9. The molecule has 0 amide bonds. The molecule has 3 rings (SSSR count). The van der Waals surface area contributed by atoms with Crippen LogP contribution in [0.2, 0.25) is 0 Å². The maximum Gasteiger partial charge on any atom is 0.146 e. The number of benzene rings is 1. The summed E-state index contributed by atoms with van der Waals surface area (Å²) in [6.45, 7) is 4.70. The van der Waals surface area contributed by atoms with E-state index >= 15 is 0 Å². The average molecular weight is 355 g/mol. The summed E-state index contributed by atoms with van der Waals surface area (Å²) in [5.74, 6) is -0.122. The van der Waals surface area contributed by atoms with Gasteiger partial charge in [0.05, 0.1) is 5.69 Å². The Morgan fingerprint density at radius 1 is 1.15 bits per heavy atom. The molecule has 1 aromatic heterocycles. The molecule has 0 saturated carbocycles. The molecule has 5 heteroatoms. The molecule has 1 aliphatic heterocycles. The van der Waals surface area contributed by atoms with Gasteiger partial charge in [0.1, 0.15) is 5.82 Å². The Labute approximate surface area is 131 Å². The van der Waals surface area contributed by atoms with Gasteiger partial charge in [0.15, 0.2) is 0 Å². The molecule has 0 unspecified atom stereocenters. The Kier molecular flexibility index (Phi) is 4.38. The van der Waals surface area contributed by atoms with Crippen molar-refractivity contribution < 1.29 is 4.39 Å². The van der Waals surface area contributed by atoms with E-state index < -0.39 is 0 Å². The van der Waals surface area contributed by atoms with Crippen molar-refractivity contribution in [3.05, 3.63) is 50.9 Å². The predicted molar refractivity (Wildman–Crippen MR) is 85.9 cm³/mol. The van der Waals surface area contributed by atoms with Gasteiger partial charge in [-0.2, -0.15) is 0 Å². The highest BCUT2D eigenvalue weighted by atomic mass is 79.9. The third-order valence-corrected chi connectivity index (χ3v) is 5.25. The summed E-state index contributed by atoms with van der Waals surface area (Å²) in [4.78, 5) is 5.93. The van der Waals surface area contributed by atoms with Crippen molar-refractivity contribution in [1.82, 2.24) is 4.90 Å². The number of thiophene rings is 1. The van der Waals surface area contributed by atoms with Crippen molar-refractivity contribution in [2.45, 2.75) is 6.54 Å². The maximum atomic E-state index is 13.8. The zero-order valence-electron chi connectivity index (χ0n) is 11.1. The van der Waals surface area contributed by atoms with Gasteiger partial charge in [-0.15, -0.1) is 11.3 Å². The van der Waals surface area contributed by atoms with Gasteiger partial charge >= 0.3 is 0 Å². The van der Waals surface area contributed by atoms with E-state index in [2.05, 4.69) is 37.2 Å². The molecule has 0 N–H and O–H groups in total. The van der Waals surface area contributed by atoms with Crippen LogP contribution >= 0.6 is 27.3 Å². The van der Waals surface area contributed by atoms with Crippen LogP contribution in [-0.2, 0) is 6.54 Å². The number of anilines is 1. The highest BCUT2D eigenvalue weighted by Gasteiger charge is 2.19. The zero-order chi connectivity index (χ0) is 13.9. The minimum Gasteiger partial charge on any atom is -0.367 e. The Hall–Kier alpha value is -0.910. The SMILES string of the molecule is Fc1ccccc1N1CCN(Cc2cc(Br)cs2)CC1. The third-order valence-electron chi connectivity index (χ3n) is 3.57. The molecule has 1 aromatic carbocycles. The van der Waals surface area contributed by atoms with Crippen LogP contribution in [-0.4, -0.2) is 31.1 Å². The smallest absolute Gasteiger partial charge is 0.146 e. The second-order valence-corrected chi connectivity index (χ2v) is 6.86. The van der Waals surface area contributed by atoms with Crippen LogP contribution in [0.4, 0.5) is 10.1 Å². The van der Waals surface area contributed by atoms with Crippen LogP contribution in [0.15, 0.2) is 40.2 Å². The largest absolute Gasteiger partial charge is 0.367 e. The Bertz CT molecular complexity index is 579. The summed E-state index contributed by atoms with van der Waals surface area (Å²) in [5.41, 5.74) is 0.728. The number of para-hydroxylation sites is 1. The van der Waals surface area contributed by atoms with Crippen molar-refractivity contribution in [2.75, 3.05) is 31.1 Å². The van der Waals surface area contributed by atoms with Crippen molar-refractivity contribution in [2.24, 2.45) is 0 Å². The molecule has 2 aromatic rings. The predicted octanol–water partition coefficient (Wildman–Crippen LogP) is 3.97. The lowest BCUT2D eigenvalue weighted by Gasteiger charge is -2.36. The lowest BCUT2D eigenvalue weighted by atomic mass is 10.2. The first kappa shape index (κ1) is 14.0. The van der Waals surface area contributed by atoms with E-state index in [0.717, 1.165) is 42.9 Å². The molecule has 0 atom stereocenters. The first-order valence-electron chi connectivity index (χ1n) is 6.67. The quantitative estimate of drug-likeness (QED) is 0.822. The first-order valence-corrected chi connectivity index (χ1v) is 8.34. The fourth-order valence-corrected chi connectivity index (χ4v) is 4.00. The van der Waals surface area contributed by atoms with Gasteiger partial charge in [0.25, 0.3) is 0 Å². The highest BCUT2D eigenvalue weighted by molar-refractivity contribution is 9.10. The van der Waals surface area contributed by atoms with E-state index in [0.29, 0.717) is 0 Å². The van der Waals surface area contributed by atoms with E-state index in [1.165, 1.54) is 10.9 Å². The molecule has 0 spiro atoms. The summed E-state index contributed by atoms with van der Waals surface area (Å²) in [7, 11) is 0. The van der Waals surface area contributed by atoms with Crippen molar-refractivity contribution in [1.29, 1.82) is 0 Å². The number of rotatable bonds is 3. The molecule has 1 fully saturated rings. The minimum atomic E-state index is -0.122. The monoisotopic (exact) mass is 354 g/mol. The third kappa shape index (κ3) is 3.22. The van der Waals surface area contributed by atoms with E-state index in [9.17, 15) is 4.39 Å². The van der Waals surface area contributed by atoms with E-state index in [1.54, 1.807) is 17.4 Å². The fraction of sp³-hybridized carbons (Fsp3) is 0.333. The van der Waals surface area contributed by atoms with Gasteiger partial charge < -0.3 is 4.90 Å². The van der Waals surface area contributed by atoms with Gasteiger partial charge in [-0.3, -0.25) is 4.90 Å². The van der Waals surface area contributed by atoms with E-state index in [4.69, 9.17) is 0 Å². The average Bonchev–Trinajstić information content (AvgIpc) is 2.86. The van der Waals surface area contributed by atoms with Gasteiger partial charge in [0.2, 0.25) is 0 Å². The summed E-state index contributed by atoms with van der Waals surface area (Å²) in [6, 6.07) is 9.21. The number of halogens is 2. The van der Waals surface area contributed by atoms with Gasteiger partial charge in [0, 0.05) is 47.5 Å². The Balaban J connectivity index is 1.58. The highest BCUT2D eigenvalue weighted by Crippen LogP contribution is 2.23. The molecular formula is C15H16BrFN2S. The second kappa shape index (κ2) is 6.24. The van der Waals surface area contributed by atoms with Crippen LogP contribution < -0.4 is 4.90 Å². The molecule has 2 nitrogen and oxygen atoms in total. The van der Waals surface area contributed by atoms with Crippen molar-refractivity contribution in [3.8, 4) is 0 Å². The minimum absolute atomic E-state index is 0.122. The Morgan fingerprint density at radius 3 is 2.55 bits per heavy atom. The molecule has 106 valence electrons. The molecule has 1 saturated heterocycles. The number of hydrogen-bond donors (Lipinski definition) is 0. The van der Waals surface area contributed by atoms with Gasteiger partial charge in [-0.25, -0.2) is 4.39 Å². The Morgan fingerprint density at radius 2 is 1.90 bits per heavy atom. The van der Waals surface area contributed by atoms with Gasteiger partial charge in [-0.05, 0) is 34.1 Å². The number of hydrogen-bond acceptors (Lipinski definition) is 3. The van der Waals surface area contributed by atoms with E-state index in [1.807, 2.05) is 12.1 Å². The maximum absolute atomic E-state index is 13.8. The molecule has 0 aliphatic carbocycles. The summed E-state index contributed by atoms with van der Waals surface area (Å²) in [6.07, 6.45) is 0. The van der Waals surface area contributed by atoms with Crippen LogP contribution in [0.3, 0.4) is 0 Å². The molecule has 0 radical (unpaired) electrons. The van der Waals surface area contributed by atoms with Crippen LogP contribution in [0.5, 0.6) is 0 Å². The second-order valence-electron chi connectivity index (χ2n) is 4.95. The van der Waals surface area contributed by atoms with E-state index in [-0.39, 0.29) is 5.82 Å². The summed E-state index contributed by atoms with van der Waals surface area (Å²) >= 11 is 5.27. The fourth-order valence-electron chi connectivity index (χ4n) is 2.51. The van der Waals surface area contributed by atoms with Crippen molar-refractivity contribution in [3.63, 3.8) is 0 Å². The van der Waals surface area contributed by atoms with Crippen LogP contribution in [0, 0.1) is 5.82 Å². The lowest BCUT2D eigenvalue weighted by molar-refractivity contribution is 0.251. The standard InChI is InChI=1S/C15H16BrFN2S/c16-12-9-13(20-11-12)10-18-5-7-19(8-6-18)15-4-2-1-3-14(15)17/h1-4,9,11H,5-8,10H2. The molecule has 1 aliphatic rings. The molecular weight excluding hydrogens is 339 g/mol. The number of piperazine rings is 1.